The largest absolute Gasteiger partial charge is 0.415 e. The average Bonchev–Trinajstić information content (AvgIpc) is 2.84. The predicted molar refractivity (Wildman–Crippen MR) is 68.6 cm³/mol. The molecule has 0 aliphatic carbocycles. The first-order valence-electron chi connectivity index (χ1n) is 6.58. The van der Waals surface area contributed by atoms with Crippen molar-refractivity contribution in [1.29, 1.82) is 0 Å². The Labute approximate surface area is 107 Å². The van der Waals surface area contributed by atoms with Crippen LogP contribution < -0.4 is 10.1 Å². The quantitative estimate of drug-likeness (QED) is 0.822. The summed E-state index contributed by atoms with van der Waals surface area (Å²) in [6.07, 6.45) is 2.20. The summed E-state index contributed by atoms with van der Waals surface area (Å²) in [7, 11) is 0. The number of ether oxygens (including phenoxy) is 1. The van der Waals surface area contributed by atoms with E-state index in [4.69, 9.17) is 4.74 Å². The highest BCUT2D eigenvalue weighted by Gasteiger charge is 2.37. The Hall–Kier alpha value is -1.55. The lowest BCUT2D eigenvalue weighted by Crippen LogP contribution is -2.41. The minimum absolute atomic E-state index is 0.225. The molecule has 2 fully saturated rings. The number of likely N-dealkylation sites (tertiary alicyclic amines) is 1. The molecule has 0 aromatic heterocycles. The molecule has 18 heavy (non-hydrogen) atoms. The fraction of sp³-hybridized carbons (Fsp3) is 0.500. The standard InChI is InChI=1S/C14H18N2O2/c17-14(18-12-6-2-1-3-7-12)16-9-11-5-4-8-15-13(11)10-16/h1-3,6-7,11,13,15H,4-5,8-10H2. The van der Waals surface area contributed by atoms with Gasteiger partial charge in [0.15, 0.2) is 0 Å². The average molecular weight is 246 g/mol. The summed E-state index contributed by atoms with van der Waals surface area (Å²) in [6.45, 7) is 2.67. The van der Waals surface area contributed by atoms with Gasteiger partial charge in [-0.25, -0.2) is 4.79 Å². The summed E-state index contributed by atoms with van der Waals surface area (Å²) in [4.78, 5) is 13.9. The molecule has 1 aromatic carbocycles. The van der Waals surface area contributed by atoms with Crippen molar-refractivity contribution in [2.45, 2.75) is 18.9 Å². The minimum atomic E-state index is -0.225. The molecule has 0 spiro atoms. The van der Waals surface area contributed by atoms with Gasteiger partial charge in [-0.15, -0.1) is 0 Å². The Bertz CT molecular complexity index is 407. The minimum Gasteiger partial charge on any atom is -0.410 e. The number of benzene rings is 1. The van der Waals surface area contributed by atoms with Crippen LogP contribution in [0.1, 0.15) is 12.8 Å². The van der Waals surface area contributed by atoms with Crippen LogP contribution in [-0.4, -0.2) is 36.7 Å². The zero-order valence-electron chi connectivity index (χ0n) is 10.3. The van der Waals surface area contributed by atoms with Gasteiger partial charge in [0.1, 0.15) is 5.75 Å². The van der Waals surface area contributed by atoms with Crippen molar-refractivity contribution in [2.24, 2.45) is 5.92 Å². The number of fused-ring (bicyclic) bond motifs is 1. The van der Waals surface area contributed by atoms with Crippen LogP contribution >= 0.6 is 0 Å². The molecule has 2 heterocycles. The van der Waals surface area contributed by atoms with E-state index in [2.05, 4.69) is 5.32 Å². The van der Waals surface area contributed by atoms with Crippen LogP contribution in [0.3, 0.4) is 0 Å². The lowest BCUT2D eigenvalue weighted by atomic mass is 9.94. The van der Waals surface area contributed by atoms with E-state index in [0.29, 0.717) is 17.7 Å². The van der Waals surface area contributed by atoms with Crippen LogP contribution in [0.5, 0.6) is 5.75 Å². The summed E-state index contributed by atoms with van der Waals surface area (Å²) >= 11 is 0. The molecular weight excluding hydrogens is 228 g/mol. The second-order valence-corrected chi connectivity index (χ2v) is 5.05. The van der Waals surface area contributed by atoms with E-state index in [0.717, 1.165) is 19.6 Å². The second-order valence-electron chi connectivity index (χ2n) is 5.05. The number of para-hydroxylation sites is 1. The number of hydrogen-bond acceptors (Lipinski definition) is 3. The molecule has 2 aliphatic rings. The zero-order valence-corrected chi connectivity index (χ0v) is 10.3. The molecular formula is C14H18N2O2. The number of nitrogens with one attached hydrogen (secondary N) is 1. The van der Waals surface area contributed by atoms with Gasteiger partial charge in [-0.1, -0.05) is 18.2 Å². The monoisotopic (exact) mass is 246 g/mol. The number of amides is 1. The maximum Gasteiger partial charge on any atom is 0.415 e. The smallest absolute Gasteiger partial charge is 0.410 e. The van der Waals surface area contributed by atoms with E-state index in [1.165, 1.54) is 12.8 Å². The second kappa shape index (κ2) is 4.98. The van der Waals surface area contributed by atoms with Gasteiger partial charge in [-0.05, 0) is 37.4 Å². The van der Waals surface area contributed by atoms with Gasteiger partial charge >= 0.3 is 6.09 Å². The highest BCUT2D eigenvalue weighted by atomic mass is 16.6. The van der Waals surface area contributed by atoms with Crippen molar-refractivity contribution >= 4 is 6.09 Å². The van der Waals surface area contributed by atoms with Crippen molar-refractivity contribution < 1.29 is 9.53 Å². The first kappa shape index (κ1) is 11.5. The molecule has 0 radical (unpaired) electrons. The molecule has 0 saturated carbocycles. The van der Waals surface area contributed by atoms with E-state index in [-0.39, 0.29) is 6.09 Å². The van der Waals surface area contributed by atoms with Crippen LogP contribution in [0.15, 0.2) is 30.3 Å². The lowest BCUT2D eigenvalue weighted by Gasteiger charge is -2.24. The number of carbonyl (C=O) groups is 1. The summed E-state index contributed by atoms with van der Waals surface area (Å²) in [5.41, 5.74) is 0. The van der Waals surface area contributed by atoms with Crippen LogP contribution in [-0.2, 0) is 0 Å². The zero-order chi connectivity index (χ0) is 12.4. The van der Waals surface area contributed by atoms with E-state index in [9.17, 15) is 4.79 Å². The Balaban J connectivity index is 1.60. The van der Waals surface area contributed by atoms with Crippen LogP contribution in [0.25, 0.3) is 0 Å². The first-order chi connectivity index (χ1) is 8.83. The lowest BCUT2D eigenvalue weighted by molar-refractivity contribution is 0.160. The third-order valence-electron chi connectivity index (χ3n) is 3.81. The van der Waals surface area contributed by atoms with Crippen LogP contribution in [0, 0.1) is 5.92 Å². The van der Waals surface area contributed by atoms with Gasteiger partial charge in [0, 0.05) is 19.1 Å². The van der Waals surface area contributed by atoms with Crippen molar-refractivity contribution in [3.05, 3.63) is 30.3 Å². The number of nitrogens with zero attached hydrogens (tertiary/aromatic N) is 1. The van der Waals surface area contributed by atoms with Gasteiger partial charge < -0.3 is 15.0 Å². The molecule has 96 valence electrons. The van der Waals surface area contributed by atoms with E-state index >= 15 is 0 Å². The van der Waals surface area contributed by atoms with E-state index in [1.807, 2.05) is 23.1 Å². The van der Waals surface area contributed by atoms with Crippen molar-refractivity contribution in [2.75, 3.05) is 19.6 Å². The third kappa shape index (κ3) is 2.34. The van der Waals surface area contributed by atoms with Crippen LogP contribution in [0.4, 0.5) is 4.79 Å². The summed E-state index contributed by atoms with van der Waals surface area (Å²) in [6, 6.07) is 9.72. The van der Waals surface area contributed by atoms with Gasteiger partial charge in [0.25, 0.3) is 0 Å². The van der Waals surface area contributed by atoms with Gasteiger partial charge in [-0.2, -0.15) is 0 Å². The molecule has 4 heteroatoms. The molecule has 1 aromatic rings. The molecule has 2 unspecified atom stereocenters. The van der Waals surface area contributed by atoms with E-state index < -0.39 is 0 Å². The van der Waals surface area contributed by atoms with Gasteiger partial charge in [0.05, 0.1) is 0 Å². The SMILES string of the molecule is O=C(Oc1ccccc1)N1CC2CCCNC2C1. The Morgan fingerprint density at radius 3 is 2.89 bits per heavy atom. The highest BCUT2D eigenvalue weighted by molar-refractivity contribution is 5.71. The molecule has 2 saturated heterocycles. The number of rotatable bonds is 1. The molecule has 4 nitrogen and oxygen atoms in total. The van der Waals surface area contributed by atoms with Crippen molar-refractivity contribution in [1.82, 2.24) is 10.2 Å². The molecule has 0 bridgehead atoms. The summed E-state index contributed by atoms with van der Waals surface area (Å²) in [5, 5.41) is 3.48. The number of hydrogen-bond donors (Lipinski definition) is 1. The Kier molecular flexibility index (Phi) is 3.19. The molecule has 1 N–H and O–H groups in total. The summed E-state index contributed by atoms with van der Waals surface area (Å²) in [5.74, 6) is 1.22. The topological polar surface area (TPSA) is 41.6 Å². The Morgan fingerprint density at radius 2 is 2.11 bits per heavy atom. The fourth-order valence-electron chi connectivity index (χ4n) is 2.85. The maximum atomic E-state index is 12.0. The third-order valence-corrected chi connectivity index (χ3v) is 3.81. The first-order valence-corrected chi connectivity index (χ1v) is 6.58. The van der Waals surface area contributed by atoms with Crippen LogP contribution in [0.2, 0.25) is 0 Å². The summed E-state index contributed by atoms with van der Waals surface area (Å²) < 4.78 is 5.36. The Morgan fingerprint density at radius 1 is 1.28 bits per heavy atom. The molecule has 2 aliphatic heterocycles. The molecule has 3 rings (SSSR count). The van der Waals surface area contributed by atoms with Crippen molar-refractivity contribution in [3.63, 3.8) is 0 Å². The van der Waals surface area contributed by atoms with Crippen molar-refractivity contribution in [3.8, 4) is 5.75 Å². The van der Waals surface area contributed by atoms with E-state index in [1.54, 1.807) is 12.1 Å². The molecule has 1 amide bonds. The normalized spacial score (nSPS) is 26.8. The highest BCUT2D eigenvalue weighted by Crippen LogP contribution is 2.25. The van der Waals surface area contributed by atoms with Gasteiger partial charge in [0.2, 0.25) is 0 Å². The fourth-order valence-corrected chi connectivity index (χ4v) is 2.85. The number of carbonyl (C=O) groups excluding carboxylic acids is 1. The molecule has 2 atom stereocenters. The number of piperidine rings is 1. The maximum absolute atomic E-state index is 12.0. The van der Waals surface area contributed by atoms with Gasteiger partial charge in [-0.3, -0.25) is 0 Å². The predicted octanol–water partition coefficient (Wildman–Crippen LogP) is 1.87.